The van der Waals surface area contributed by atoms with E-state index in [0.717, 1.165) is 25.7 Å². The van der Waals surface area contributed by atoms with Gasteiger partial charge in [-0.3, -0.25) is 14.6 Å². The first kappa shape index (κ1) is 15.3. The van der Waals surface area contributed by atoms with E-state index in [2.05, 4.69) is 10.3 Å². The van der Waals surface area contributed by atoms with Crippen LogP contribution in [-0.4, -0.2) is 42.3 Å². The minimum Gasteiger partial charge on any atom is -0.383 e. The van der Waals surface area contributed by atoms with Crippen LogP contribution >= 0.6 is 0 Å². The zero-order valence-corrected chi connectivity index (χ0v) is 12.6. The van der Waals surface area contributed by atoms with Gasteiger partial charge < -0.3 is 16.0 Å². The second-order valence-electron chi connectivity index (χ2n) is 5.83. The van der Waals surface area contributed by atoms with E-state index < -0.39 is 5.91 Å². The van der Waals surface area contributed by atoms with Gasteiger partial charge >= 0.3 is 0 Å². The molecule has 0 unspecified atom stereocenters. The smallest absolute Gasteiger partial charge is 0.252 e. The van der Waals surface area contributed by atoms with Crippen molar-refractivity contribution < 1.29 is 9.59 Å². The van der Waals surface area contributed by atoms with Crippen molar-refractivity contribution in [3.05, 3.63) is 24.0 Å². The fourth-order valence-electron chi connectivity index (χ4n) is 3.00. The minimum absolute atomic E-state index is 0.141. The number of primary amides is 1. The van der Waals surface area contributed by atoms with Gasteiger partial charge in [-0.05, 0) is 18.9 Å². The Bertz CT molecular complexity index is 536. The van der Waals surface area contributed by atoms with Gasteiger partial charge in [-0.25, -0.2) is 0 Å². The average Bonchev–Trinajstić information content (AvgIpc) is 2.94. The van der Waals surface area contributed by atoms with Crippen molar-refractivity contribution in [1.29, 1.82) is 0 Å². The molecule has 0 bridgehead atoms. The molecule has 0 atom stereocenters. The molecule has 6 nitrogen and oxygen atoms in total. The Labute approximate surface area is 124 Å². The molecule has 1 heterocycles. The van der Waals surface area contributed by atoms with Crippen LogP contribution in [0.15, 0.2) is 18.5 Å². The maximum atomic E-state index is 12.5. The number of amides is 2. The van der Waals surface area contributed by atoms with Crippen molar-refractivity contribution in [2.24, 2.45) is 11.1 Å². The van der Waals surface area contributed by atoms with Crippen molar-refractivity contribution >= 4 is 17.5 Å². The molecule has 1 aromatic heterocycles. The largest absolute Gasteiger partial charge is 0.383 e. The van der Waals surface area contributed by atoms with Crippen LogP contribution in [0, 0.1) is 5.41 Å². The molecule has 0 saturated heterocycles. The Balaban J connectivity index is 2.17. The fraction of sp³-hybridized carbons (Fsp3) is 0.533. The van der Waals surface area contributed by atoms with Crippen molar-refractivity contribution in [2.45, 2.75) is 25.7 Å². The Morgan fingerprint density at radius 1 is 1.38 bits per heavy atom. The summed E-state index contributed by atoms with van der Waals surface area (Å²) in [4.78, 5) is 29.5. The molecule has 6 heteroatoms. The van der Waals surface area contributed by atoms with E-state index in [1.165, 1.54) is 6.20 Å². The number of nitrogens with two attached hydrogens (primary N) is 1. The van der Waals surface area contributed by atoms with Gasteiger partial charge in [0.1, 0.15) is 0 Å². The highest BCUT2D eigenvalue weighted by molar-refractivity contribution is 5.98. The van der Waals surface area contributed by atoms with Crippen LogP contribution in [0.3, 0.4) is 0 Å². The molecule has 1 fully saturated rings. The van der Waals surface area contributed by atoms with E-state index in [0.29, 0.717) is 17.8 Å². The molecular formula is C15H22N4O2. The van der Waals surface area contributed by atoms with Gasteiger partial charge in [-0.2, -0.15) is 0 Å². The summed E-state index contributed by atoms with van der Waals surface area (Å²) in [6.45, 7) is 0.508. The number of hydrogen-bond donors (Lipinski definition) is 2. The van der Waals surface area contributed by atoms with Crippen LogP contribution in [-0.2, 0) is 4.79 Å². The molecule has 0 aliphatic heterocycles. The molecule has 2 rings (SSSR count). The number of anilines is 1. The maximum Gasteiger partial charge on any atom is 0.252 e. The van der Waals surface area contributed by atoms with E-state index in [-0.39, 0.29) is 11.3 Å². The Kier molecular flexibility index (Phi) is 4.45. The molecule has 1 aliphatic carbocycles. The predicted octanol–water partition coefficient (Wildman–Crippen LogP) is 1.24. The molecular weight excluding hydrogens is 268 g/mol. The number of carbonyl (C=O) groups excluding carboxylic acids is 2. The highest BCUT2D eigenvalue weighted by atomic mass is 16.2. The van der Waals surface area contributed by atoms with E-state index >= 15 is 0 Å². The van der Waals surface area contributed by atoms with Crippen molar-refractivity contribution in [3.8, 4) is 0 Å². The zero-order chi connectivity index (χ0) is 15.5. The Hall–Kier alpha value is -2.11. The summed E-state index contributed by atoms with van der Waals surface area (Å²) in [6.07, 6.45) is 6.90. The third kappa shape index (κ3) is 3.15. The summed E-state index contributed by atoms with van der Waals surface area (Å²) >= 11 is 0. The van der Waals surface area contributed by atoms with Crippen LogP contribution in [0.4, 0.5) is 5.69 Å². The monoisotopic (exact) mass is 290 g/mol. The van der Waals surface area contributed by atoms with Gasteiger partial charge in [-0.15, -0.1) is 0 Å². The summed E-state index contributed by atoms with van der Waals surface area (Å²) in [7, 11) is 3.56. The van der Waals surface area contributed by atoms with Gasteiger partial charge in [0.25, 0.3) is 5.91 Å². The Morgan fingerprint density at radius 2 is 2.05 bits per heavy atom. The molecule has 21 heavy (non-hydrogen) atoms. The summed E-state index contributed by atoms with van der Waals surface area (Å²) in [6, 6.07) is 1.71. The van der Waals surface area contributed by atoms with Crippen molar-refractivity contribution in [1.82, 2.24) is 9.88 Å². The number of aromatic nitrogens is 1. The summed E-state index contributed by atoms with van der Waals surface area (Å²) in [5.41, 5.74) is 5.94. The van der Waals surface area contributed by atoms with E-state index in [4.69, 9.17) is 5.73 Å². The van der Waals surface area contributed by atoms with E-state index in [9.17, 15) is 9.59 Å². The molecule has 0 aromatic carbocycles. The summed E-state index contributed by atoms with van der Waals surface area (Å²) < 4.78 is 0. The molecule has 0 radical (unpaired) electrons. The van der Waals surface area contributed by atoms with Crippen LogP contribution in [0.1, 0.15) is 36.0 Å². The first-order valence-corrected chi connectivity index (χ1v) is 7.16. The summed E-state index contributed by atoms with van der Waals surface area (Å²) in [5.74, 6) is -0.382. The van der Waals surface area contributed by atoms with Crippen molar-refractivity contribution in [2.75, 3.05) is 26.0 Å². The Morgan fingerprint density at radius 3 is 2.62 bits per heavy atom. The average molecular weight is 290 g/mol. The number of rotatable bonds is 5. The van der Waals surface area contributed by atoms with Gasteiger partial charge in [0.2, 0.25) is 5.91 Å². The minimum atomic E-state index is -0.523. The maximum absolute atomic E-state index is 12.5. The van der Waals surface area contributed by atoms with Crippen molar-refractivity contribution in [3.63, 3.8) is 0 Å². The first-order chi connectivity index (χ1) is 9.96. The molecule has 114 valence electrons. The fourth-order valence-corrected chi connectivity index (χ4v) is 3.00. The quantitative estimate of drug-likeness (QED) is 0.854. The van der Waals surface area contributed by atoms with Gasteiger partial charge in [0.15, 0.2) is 0 Å². The normalized spacial score (nSPS) is 16.5. The lowest BCUT2D eigenvalue weighted by Crippen LogP contribution is -2.43. The number of nitrogens with zero attached hydrogens (tertiary/aromatic N) is 2. The van der Waals surface area contributed by atoms with Crippen LogP contribution in [0.25, 0.3) is 0 Å². The van der Waals surface area contributed by atoms with Gasteiger partial charge in [0, 0.05) is 33.0 Å². The summed E-state index contributed by atoms with van der Waals surface area (Å²) in [5, 5.41) is 3.22. The predicted molar refractivity (Wildman–Crippen MR) is 80.8 cm³/mol. The second-order valence-corrected chi connectivity index (χ2v) is 5.83. The molecule has 2 amide bonds. The molecule has 3 N–H and O–H groups in total. The van der Waals surface area contributed by atoms with E-state index in [1.54, 1.807) is 31.3 Å². The standard InChI is InChI=1S/C15H22N4O2/c1-19(2)14(21)15(6-3-4-7-15)10-18-12-5-8-17-9-11(12)13(16)20/h5,8-9H,3-4,6-7,10H2,1-2H3,(H2,16,20)(H,17,18). The van der Waals surface area contributed by atoms with Crippen LogP contribution < -0.4 is 11.1 Å². The van der Waals surface area contributed by atoms with E-state index in [1.807, 2.05) is 0 Å². The second kappa shape index (κ2) is 6.11. The highest BCUT2D eigenvalue weighted by Crippen LogP contribution is 2.39. The lowest BCUT2D eigenvalue weighted by atomic mass is 9.84. The number of nitrogens with one attached hydrogen (secondary N) is 1. The third-order valence-electron chi connectivity index (χ3n) is 4.12. The topological polar surface area (TPSA) is 88.3 Å². The van der Waals surface area contributed by atoms with Gasteiger partial charge in [-0.1, -0.05) is 12.8 Å². The molecule has 1 saturated carbocycles. The number of hydrogen-bond acceptors (Lipinski definition) is 4. The lowest BCUT2D eigenvalue weighted by molar-refractivity contribution is -0.138. The first-order valence-electron chi connectivity index (χ1n) is 7.16. The van der Waals surface area contributed by atoms with Crippen LogP contribution in [0.2, 0.25) is 0 Å². The molecule has 1 aliphatic rings. The number of pyridine rings is 1. The zero-order valence-electron chi connectivity index (χ0n) is 12.6. The number of carbonyl (C=O) groups is 2. The molecule has 0 spiro atoms. The van der Waals surface area contributed by atoms with Crippen LogP contribution in [0.5, 0.6) is 0 Å². The van der Waals surface area contributed by atoms with Gasteiger partial charge in [0.05, 0.1) is 16.7 Å². The lowest BCUT2D eigenvalue weighted by Gasteiger charge is -2.31. The SMILES string of the molecule is CN(C)C(=O)C1(CNc2ccncc2C(N)=O)CCCC1. The molecule has 1 aromatic rings. The third-order valence-corrected chi connectivity index (χ3v) is 4.12. The highest BCUT2D eigenvalue weighted by Gasteiger charge is 2.41.